The first-order valence-corrected chi connectivity index (χ1v) is 13.1. The summed E-state index contributed by atoms with van der Waals surface area (Å²) in [5, 5.41) is 17.2. The van der Waals surface area contributed by atoms with Gasteiger partial charge in [0.15, 0.2) is 0 Å². The minimum Gasteiger partial charge on any atom is -0.351 e. The molecule has 3 amide bonds. The number of fused-ring (bicyclic) bond motifs is 1. The zero-order valence-electron chi connectivity index (χ0n) is 21.9. The highest BCUT2D eigenvalue weighted by molar-refractivity contribution is 6.12. The SMILES string of the molecule is CC(C)(CN)CNC(=O)c1ccc2c(c1)NC(=O)CC(C1CCCCC1)N2C(=O)c1cccc([N+](=O)[O-])c1. The van der Waals surface area contributed by atoms with Crippen molar-refractivity contribution in [3.8, 4) is 0 Å². The number of nitro benzene ring substituents is 1. The van der Waals surface area contributed by atoms with Gasteiger partial charge in [0.25, 0.3) is 17.5 Å². The minimum atomic E-state index is -0.534. The summed E-state index contributed by atoms with van der Waals surface area (Å²) in [4.78, 5) is 52.4. The van der Waals surface area contributed by atoms with Crippen LogP contribution in [0.5, 0.6) is 0 Å². The summed E-state index contributed by atoms with van der Waals surface area (Å²) in [6.07, 6.45) is 5.04. The maximum atomic E-state index is 14.0. The van der Waals surface area contributed by atoms with Crippen LogP contribution < -0.4 is 21.3 Å². The molecule has 2 aromatic carbocycles. The van der Waals surface area contributed by atoms with E-state index < -0.39 is 16.9 Å². The van der Waals surface area contributed by atoms with Gasteiger partial charge in [-0.3, -0.25) is 24.5 Å². The van der Waals surface area contributed by atoms with Crippen molar-refractivity contribution in [3.63, 3.8) is 0 Å². The maximum Gasteiger partial charge on any atom is 0.270 e. The van der Waals surface area contributed by atoms with E-state index in [2.05, 4.69) is 10.6 Å². The van der Waals surface area contributed by atoms with Gasteiger partial charge in [-0.05, 0) is 55.0 Å². The normalized spacial score (nSPS) is 18.2. The summed E-state index contributed by atoms with van der Waals surface area (Å²) in [5.41, 5.74) is 6.67. The quantitative estimate of drug-likeness (QED) is 0.367. The molecule has 2 aromatic rings. The largest absolute Gasteiger partial charge is 0.351 e. The molecule has 1 aliphatic heterocycles. The molecule has 202 valence electrons. The molecule has 4 N–H and O–H groups in total. The second kappa shape index (κ2) is 11.3. The molecule has 2 aliphatic rings. The van der Waals surface area contributed by atoms with E-state index in [-0.39, 0.29) is 40.8 Å². The number of non-ortho nitro benzene ring substituents is 1. The Hall–Kier alpha value is -3.79. The highest BCUT2D eigenvalue weighted by Crippen LogP contribution is 2.39. The van der Waals surface area contributed by atoms with Gasteiger partial charge in [-0.1, -0.05) is 39.2 Å². The van der Waals surface area contributed by atoms with Gasteiger partial charge in [-0.15, -0.1) is 0 Å². The molecule has 10 nitrogen and oxygen atoms in total. The number of carbonyl (C=O) groups excluding carboxylic acids is 3. The van der Waals surface area contributed by atoms with E-state index in [0.29, 0.717) is 30.0 Å². The van der Waals surface area contributed by atoms with Crippen LogP contribution in [0.2, 0.25) is 0 Å². The molecule has 1 heterocycles. The third-order valence-corrected chi connectivity index (χ3v) is 7.52. The lowest BCUT2D eigenvalue weighted by Gasteiger charge is -2.37. The smallest absolute Gasteiger partial charge is 0.270 e. The highest BCUT2D eigenvalue weighted by atomic mass is 16.6. The summed E-state index contributed by atoms with van der Waals surface area (Å²) >= 11 is 0. The van der Waals surface area contributed by atoms with E-state index in [9.17, 15) is 24.5 Å². The van der Waals surface area contributed by atoms with Crippen LogP contribution in [0.15, 0.2) is 42.5 Å². The third-order valence-electron chi connectivity index (χ3n) is 7.52. The maximum absolute atomic E-state index is 14.0. The van der Waals surface area contributed by atoms with Crippen molar-refractivity contribution in [1.29, 1.82) is 0 Å². The van der Waals surface area contributed by atoms with E-state index in [1.54, 1.807) is 29.2 Å². The van der Waals surface area contributed by atoms with Crippen LogP contribution in [0.3, 0.4) is 0 Å². The zero-order chi connectivity index (χ0) is 27.4. The molecule has 1 fully saturated rings. The van der Waals surface area contributed by atoms with Crippen LogP contribution in [0, 0.1) is 21.4 Å². The molecule has 0 saturated heterocycles. The Bertz CT molecular complexity index is 1240. The summed E-state index contributed by atoms with van der Waals surface area (Å²) in [6.45, 7) is 4.69. The zero-order valence-corrected chi connectivity index (χ0v) is 21.9. The van der Waals surface area contributed by atoms with E-state index in [1.165, 1.54) is 18.2 Å². The summed E-state index contributed by atoms with van der Waals surface area (Å²) in [6, 6.07) is 10.1. The lowest BCUT2D eigenvalue weighted by molar-refractivity contribution is -0.384. The van der Waals surface area contributed by atoms with Crippen LogP contribution in [0.4, 0.5) is 17.1 Å². The number of hydrogen-bond donors (Lipinski definition) is 3. The monoisotopic (exact) mass is 521 g/mol. The Balaban J connectivity index is 1.74. The fraction of sp³-hybridized carbons (Fsp3) is 0.464. The molecule has 38 heavy (non-hydrogen) atoms. The van der Waals surface area contributed by atoms with Gasteiger partial charge in [0.05, 0.1) is 16.3 Å². The number of anilines is 2. The van der Waals surface area contributed by atoms with E-state index in [0.717, 1.165) is 32.1 Å². The van der Waals surface area contributed by atoms with Crippen molar-refractivity contribution in [2.45, 2.75) is 58.4 Å². The van der Waals surface area contributed by atoms with Crippen molar-refractivity contribution in [1.82, 2.24) is 5.32 Å². The van der Waals surface area contributed by atoms with Gasteiger partial charge in [-0.25, -0.2) is 0 Å². The lowest BCUT2D eigenvalue weighted by atomic mass is 9.81. The molecular weight excluding hydrogens is 486 g/mol. The standard InChI is InChI=1S/C28H35N5O5/c1-28(2,16-29)17-30-26(35)19-11-12-23-22(14-19)31-25(34)15-24(18-7-4-3-5-8-18)32(23)27(36)20-9-6-10-21(13-20)33(37)38/h6,9-14,18,24H,3-5,7-8,15-17,29H2,1-2H3,(H,30,35)(H,31,34). The summed E-state index contributed by atoms with van der Waals surface area (Å²) in [5.74, 6) is -0.848. The number of nitrogens with zero attached hydrogens (tertiary/aromatic N) is 2. The second-order valence-corrected chi connectivity index (χ2v) is 11.0. The average molecular weight is 522 g/mol. The van der Waals surface area contributed by atoms with Crippen molar-refractivity contribution in [2.75, 3.05) is 23.3 Å². The minimum absolute atomic E-state index is 0.103. The number of nitrogens with two attached hydrogens (primary N) is 1. The molecule has 4 rings (SSSR count). The number of rotatable bonds is 7. The molecule has 0 aromatic heterocycles. The van der Waals surface area contributed by atoms with Gasteiger partial charge in [-0.2, -0.15) is 0 Å². The van der Waals surface area contributed by atoms with E-state index in [4.69, 9.17) is 5.73 Å². The fourth-order valence-corrected chi connectivity index (χ4v) is 5.19. The van der Waals surface area contributed by atoms with Gasteiger partial charge in [0, 0.05) is 42.3 Å². The Morgan fingerprint density at radius 2 is 1.87 bits per heavy atom. The lowest BCUT2D eigenvalue weighted by Crippen LogP contribution is -2.46. The van der Waals surface area contributed by atoms with Crippen molar-refractivity contribution >= 4 is 34.8 Å². The van der Waals surface area contributed by atoms with Crippen LogP contribution in [-0.2, 0) is 4.79 Å². The molecule has 0 radical (unpaired) electrons. The molecule has 0 bridgehead atoms. The second-order valence-electron chi connectivity index (χ2n) is 11.0. The Labute approximate surface area is 222 Å². The number of nitrogens with one attached hydrogen (secondary N) is 2. The van der Waals surface area contributed by atoms with E-state index >= 15 is 0 Å². The average Bonchev–Trinajstić information content (AvgIpc) is 3.07. The van der Waals surface area contributed by atoms with Crippen LogP contribution >= 0.6 is 0 Å². The number of hydrogen-bond acceptors (Lipinski definition) is 6. The summed E-state index contributed by atoms with van der Waals surface area (Å²) < 4.78 is 0. The van der Waals surface area contributed by atoms with Crippen molar-refractivity contribution in [3.05, 3.63) is 63.7 Å². The predicted octanol–water partition coefficient (Wildman–Crippen LogP) is 4.25. The van der Waals surface area contributed by atoms with Crippen LogP contribution in [0.1, 0.15) is 73.1 Å². The number of amides is 3. The van der Waals surface area contributed by atoms with Crippen LogP contribution in [-0.4, -0.2) is 41.8 Å². The van der Waals surface area contributed by atoms with Crippen molar-refractivity contribution in [2.24, 2.45) is 17.1 Å². The molecule has 10 heteroatoms. The third kappa shape index (κ3) is 6.02. The number of benzene rings is 2. The van der Waals surface area contributed by atoms with Gasteiger partial charge < -0.3 is 21.3 Å². The molecule has 1 atom stereocenters. The van der Waals surface area contributed by atoms with Gasteiger partial charge >= 0.3 is 0 Å². The highest BCUT2D eigenvalue weighted by Gasteiger charge is 2.38. The first-order valence-electron chi connectivity index (χ1n) is 13.1. The Morgan fingerprint density at radius 3 is 2.55 bits per heavy atom. The van der Waals surface area contributed by atoms with Gasteiger partial charge in [0.2, 0.25) is 5.91 Å². The Morgan fingerprint density at radius 1 is 1.13 bits per heavy atom. The first-order chi connectivity index (χ1) is 18.1. The number of carbonyl (C=O) groups is 3. The molecular formula is C28H35N5O5. The number of nitro groups is 1. The fourth-order valence-electron chi connectivity index (χ4n) is 5.19. The molecule has 1 saturated carbocycles. The first kappa shape index (κ1) is 27.3. The van der Waals surface area contributed by atoms with Crippen molar-refractivity contribution < 1.29 is 19.3 Å². The van der Waals surface area contributed by atoms with Crippen LogP contribution in [0.25, 0.3) is 0 Å². The van der Waals surface area contributed by atoms with Gasteiger partial charge in [0.1, 0.15) is 0 Å². The Kier molecular flexibility index (Phi) is 8.11. The predicted molar refractivity (Wildman–Crippen MR) is 145 cm³/mol. The van der Waals surface area contributed by atoms with E-state index in [1.807, 2.05) is 13.8 Å². The molecule has 1 aliphatic carbocycles. The topological polar surface area (TPSA) is 148 Å². The molecule has 0 spiro atoms. The molecule has 1 unspecified atom stereocenters. The summed E-state index contributed by atoms with van der Waals surface area (Å²) in [7, 11) is 0.